The third-order valence-electron chi connectivity index (χ3n) is 3.10. The first kappa shape index (κ1) is 15.0. The fourth-order valence-electron chi connectivity index (χ4n) is 1.98. The third kappa shape index (κ3) is 4.03. The molecule has 21 heavy (non-hydrogen) atoms. The minimum atomic E-state index is -1.07. The van der Waals surface area contributed by atoms with Crippen LogP contribution in [0.5, 0.6) is 5.75 Å². The van der Waals surface area contributed by atoms with Crippen LogP contribution in [0.25, 0.3) is 0 Å². The predicted molar refractivity (Wildman–Crippen MR) is 76.3 cm³/mol. The Hall–Kier alpha value is -2.41. The summed E-state index contributed by atoms with van der Waals surface area (Å²) in [7, 11) is 3.64. The fraction of sp³-hybridized carbons (Fsp3) is 0.357. The van der Waals surface area contributed by atoms with Gasteiger partial charge in [0, 0.05) is 18.7 Å². The van der Waals surface area contributed by atoms with Gasteiger partial charge in [0.2, 0.25) is 0 Å². The van der Waals surface area contributed by atoms with E-state index in [2.05, 4.69) is 15.2 Å². The van der Waals surface area contributed by atoms with Crippen molar-refractivity contribution in [1.29, 1.82) is 0 Å². The zero-order valence-electron chi connectivity index (χ0n) is 12.1. The summed E-state index contributed by atoms with van der Waals surface area (Å²) in [6.45, 7) is 2.04. The topological polar surface area (TPSA) is 80.5 Å². The molecule has 0 atom stereocenters. The number of methoxy groups -OCH3 is 1. The highest BCUT2D eigenvalue weighted by Gasteiger charge is 2.09. The van der Waals surface area contributed by atoms with Crippen molar-refractivity contribution in [2.75, 3.05) is 20.7 Å². The van der Waals surface area contributed by atoms with Crippen molar-refractivity contribution in [3.05, 3.63) is 41.7 Å². The number of aromatic nitrogens is 3. The number of nitrogens with zero attached hydrogens (tertiary/aromatic N) is 4. The molecule has 0 bridgehead atoms. The van der Waals surface area contributed by atoms with Gasteiger partial charge in [-0.25, -0.2) is 4.79 Å². The Labute approximate surface area is 122 Å². The van der Waals surface area contributed by atoms with Crippen LogP contribution in [-0.2, 0) is 13.1 Å². The lowest BCUT2D eigenvalue weighted by molar-refractivity contribution is 0.0690. The van der Waals surface area contributed by atoms with E-state index in [-0.39, 0.29) is 5.69 Å². The summed E-state index contributed by atoms with van der Waals surface area (Å²) < 4.78 is 6.85. The molecule has 0 radical (unpaired) electrons. The van der Waals surface area contributed by atoms with E-state index in [1.54, 1.807) is 7.11 Å². The SMILES string of the molecule is COc1ccccc1CN(C)CCn1cc(C(=O)O)nn1. The zero-order valence-corrected chi connectivity index (χ0v) is 12.1. The van der Waals surface area contributed by atoms with E-state index < -0.39 is 5.97 Å². The van der Waals surface area contributed by atoms with Gasteiger partial charge in [0.25, 0.3) is 0 Å². The Morgan fingerprint density at radius 2 is 2.19 bits per heavy atom. The Balaban J connectivity index is 1.89. The number of hydrogen-bond donors (Lipinski definition) is 1. The number of para-hydroxylation sites is 1. The molecule has 0 saturated heterocycles. The van der Waals surface area contributed by atoms with Crippen LogP contribution in [-0.4, -0.2) is 51.7 Å². The summed E-state index contributed by atoms with van der Waals surface area (Å²) >= 11 is 0. The van der Waals surface area contributed by atoms with Crippen LogP contribution in [0.1, 0.15) is 16.1 Å². The van der Waals surface area contributed by atoms with Crippen LogP contribution in [0.2, 0.25) is 0 Å². The molecule has 0 aliphatic carbocycles. The first-order chi connectivity index (χ1) is 10.1. The average molecular weight is 290 g/mol. The van der Waals surface area contributed by atoms with E-state index in [0.29, 0.717) is 6.54 Å². The largest absolute Gasteiger partial charge is 0.496 e. The molecule has 2 rings (SSSR count). The summed E-state index contributed by atoms with van der Waals surface area (Å²) in [5, 5.41) is 16.2. The summed E-state index contributed by atoms with van der Waals surface area (Å²) in [5.41, 5.74) is 1.06. The standard InChI is InChI=1S/C14H18N4O3/c1-17(9-11-5-3-4-6-13(11)21-2)7-8-18-10-12(14(19)20)15-16-18/h3-6,10H,7-9H2,1-2H3,(H,19,20). The predicted octanol–water partition coefficient (Wildman–Crippen LogP) is 1.12. The third-order valence-corrected chi connectivity index (χ3v) is 3.10. The van der Waals surface area contributed by atoms with Gasteiger partial charge in [-0.3, -0.25) is 4.68 Å². The van der Waals surface area contributed by atoms with E-state index in [0.717, 1.165) is 24.4 Å². The van der Waals surface area contributed by atoms with Crippen LogP contribution in [0, 0.1) is 0 Å². The molecule has 112 valence electrons. The van der Waals surface area contributed by atoms with Crippen LogP contribution < -0.4 is 4.74 Å². The number of ether oxygens (including phenoxy) is 1. The monoisotopic (exact) mass is 290 g/mol. The highest BCUT2D eigenvalue weighted by atomic mass is 16.5. The summed E-state index contributed by atoms with van der Waals surface area (Å²) in [5.74, 6) is -0.207. The second-order valence-corrected chi connectivity index (χ2v) is 4.72. The second-order valence-electron chi connectivity index (χ2n) is 4.72. The van der Waals surface area contributed by atoms with Gasteiger partial charge in [-0.05, 0) is 13.1 Å². The van der Waals surface area contributed by atoms with E-state index in [1.807, 2.05) is 31.3 Å². The molecule has 0 saturated carbocycles. The van der Waals surface area contributed by atoms with E-state index >= 15 is 0 Å². The van der Waals surface area contributed by atoms with E-state index in [4.69, 9.17) is 9.84 Å². The van der Waals surface area contributed by atoms with Crippen LogP contribution in [0.3, 0.4) is 0 Å². The highest BCUT2D eigenvalue weighted by molar-refractivity contribution is 5.84. The van der Waals surface area contributed by atoms with Gasteiger partial charge in [-0.2, -0.15) is 0 Å². The number of hydrogen-bond acceptors (Lipinski definition) is 5. The maximum absolute atomic E-state index is 10.7. The summed E-state index contributed by atoms with van der Waals surface area (Å²) in [4.78, 5) is 12.8. The number of carbonyl (C=O) groups is 1. The fourth-order valence-corrected chi connectivity index (χ4v) is 1.98. The van der Waals surface area contributed by atoms with Crippen LogP contribution >= 0.6 is 0 Å². The molecule has 1 heterocycles. The Morgan fingerprint density at radius 1 is 1.43 bits per heavy atom. The molecular formula is C14H18N4O3. The average Bonchev–Trinajstić information content (AvgIpc) is 2.95. The molecule has 1 N–H and O–H groups in total. The van der Waals surface area contributed by atoms with Crippen molar-refractivity contribution < 1.29 is 14.6 Å². The van der Waals surface area contributed by atoms with Crippen LogP contribution in [0.4, 0.5) is 0 Å². The van der Waals surface area contributed by atoms with Crippen molar-refractivity contribution in [2.24, 2.45) is 0 Å². The van der Waals surface area contributed by atoms with Crippen LogP contribution in [0.15, 0.2) is 30.5 Å². The molecule has 7 nitrogen and oxygen atoms in total. The Morgan fingerprint density at radius 3 is 2.86 bits per heavy atom. The molecule has 2 aromatic rings. The van der Waals surface area contributed by atoms with E-state index in [1.165, 1.54) is 10.9 Å². The number of likely N-dealkylation sites (N-methyl/N-ethyl adjacent to an activating group) is 1. The van der Waals surface area contributed by atoms with Crippen molar-refractivity contribution in [3.63, 3.8) is 0 Å². The molecule has 1 aromatic heterocycles. The molecular weight excluding hydrogens is 272 g/mol. The Bertz CT molecular complexity index is 612. The van der Waals surface area contributed by atoms with Gasteiger partial charge in [-0.1, -0.05) is 23.4 Å². The molecule has 0 spiro atoms. The lowest BCUT2D eigenvalue weighted by atomic mass is 10.2. The normalized spacial score (nSPS) is 10.8. The lowest BCUT2D eigenvalue weighted by Crippen LogP contribution is -2.23. The number of benzene rings is 1. The van der Waals surface area contributed by atoms with Crippen molar-refractivity contribution in [2.45, 2.75) is 13.1 Å². The van der Waals surface area contributed by atoms with Crippen molar-refractivity contribution >= 4 is 5.97 Å². The first-order valence-electron chi connectivity index (χ1n) is 6.54. The molecule has 0 unspecified atom stereocenters. The quantitative estimate of drug-likeness (QED) is 0.823. The molecule has 0 aliphatic heterocycles. The maximum atomic E-state index is 10.7. The van der Waals surface area contributed by atoms with Gasteiger partial charge in [-0.15, -0.1) is 5.10 Å². The number of aromatic carboxylic acids is 1. The first-order valence-corrected chi connectivity index (χ1v) is 6.54. The van der Waals surface area contributed by atoms with E-state index in [9.17, 15) is 4.79 Å². The molecule has 0 amide bonds. The minimum Gasteiger partial charge on any atom is -0.496 e. The zero-order chi connectivity index (χ0) is 15.2. The maximum Gasteiger partial charge on any atom is 0.358 e. The highest BCUT2D eigenvalue weighted by Crippen LogP contribution is 2.18. The Kier molecular flexibility index (Phi) is 4.89. The number of carboxylic acids is 1. The van der Waals surface area contributed by atoms with Gasteiger partial charge in [0.05, 0.1) is 19.9 Å². The summed E-state index contributed by atoms with van der Waals surface area (Å²) in [6, 6.07) is 7.86. The van der Waals surface area contributed by atoms with Gasteiger partial charge in [0.1, 0.15) is 5.75 Å². The van der Waals surface area contributed by atoms with Gasteiger partial charge < -0.3 is 14.7 Å². The molecule has 1 aromatic carbocycles. The second kappa shape index (κ2) is 6.85. The van der Waals surface area contributed by atoms with Crippen molar-refractivity contribution in [3.8, 4) is 5.75 Å². The molecule has 0 fully saturated rings. The lowest BCUT2D eigenvalue weighted by Gasteiger charge is -2.18. The minimum absolute atomic E-state index is 0.0395. The molecule has 0 aliphatic rings. The molecule has 7 heteroatoms. The van der Waals surface area contributed by atoms with Crippen molar-refractivity contribution in [1.82, 2.24) is 19.9 Å². The number of rotatable bonds is 7. The van der Waals surface area contributed by atoms with Gasteiger partial charge in [0.15, 0.2) is 5.69 Å². The smallest absolute Gasteiger partial charge is 0.358 e. The number of carboxylic acid groups (broad SMARTS) is 1. The van der Waals surface area contributed by atoms with Gasteiger partial charge >= 0.3 is 5.97 Å². The summed E-state index contributed by atoms with van der Waals surface area (Å²) in [6.07, 6.45) is 1.43.